The summed E-state index contributed by atoms with van der Waals surface area (Å²) in [6, 6.07) is 7.43. The van der Waals surface area contributed by atoms with E-state index in [1.807, 2.05) is 24.3 Å². The molecule has 26 heavy (non-hydrogen) atoms. The van der Waals surface area contributed by atoms with Gasteiger partial charge in [0.25, 0.3) is 11.8 Å². The van der Waals surface area contributed by atoms with Crippen LogP contribution in [0.2, 0.25) is 0 Å². The van der Waals surface area contributed by atoms with E-state index >= 15 is 0 Å². The number of carbonyl (C=O) groups excluding carboxylic acids is 2. The van der Waals surface area contributed by atoms with Gasteiger partial charge in [-0.1, -0.05) is 31.5 Å². The molecule has 3 rings (SSSR count). The minimum absolute atomic E-state index is 0.172. The Hall–Kier alpha value is -2.34. The molecule has 140 valence electrons. The van der Waals surface area contributed by atoms with Crippen LogP contribution in [0, 0.1) is 0 Å². The number of amides is 2. The van der Waals surface area contributed by atoms with Crippen LogP contribution in [-0.4, -0.2) is 73.4 Å². The van der Waals surface area contributed by atoms with E-state index in [2.05, 4.69) is 23.8 Å². The fourth-order valence-electron chi connectivity index (χ4n) is 3.50. The van der Waals surface area contributed by atoms with Gasteiger partial charge in [-0.2, -0.15) is 0 Å². The fraction of sp³-hybridized carbons (Fsp3) is 0.500. The van der Waals surface area contributed by atoms with E-state index < -0.39 is 0 Å². The van der Waals surface area contributed by atoms with Gasteiger partial charge in [-0.15, -0.1) is 0 Å². The lowest BCUT2D eigenvalue weighted by Crippen LogP contribution is -2.46. The van der Waals surface area contributed by atoms with Crippen LogP contribution in [0.15, 0.2) is 30.0 Å². The van der Waals surface area contributed by atoms with Crippen LogP contribution >= 0.6 is 0 Å². The Morgan fingerprint density at radius 1 is 1.04 bits per heavy atom. The monoisotopic (exact) mass is 357 g/mol. The number of imide groups is 1. The van der Waals surface area contributed by atoms with Crippen molar-refractivity contribution in [3.8, 4) is 5.75 Å². The first kappa shape index (κ1) is 18.5. The molecule has 0 aromatic heterocycles. The highest BCUT2D eigenvalue weighted by Gasteiger charge is 2.42. The average molecular weight is 357 g/mol. The van der Waals surface area contributed by atoms with Crippen molar-refractivity contribution in [1.82, 2.24) is 14.7 Å². The van der Waals surface area contributed by atoms with Crippen molar-refractivity contribution in [2.45, 2.75) is 19.8 Å². The lowest BCUT2D eigenvalue weighted by Gasteiger charge is -2.34. The second-order valence-electron chi connectivity index (χ2n) is 6.83. The number of likely N-dealkylation sites (N-methyl/N-ethyl adjacent to an activating group) is 1. The number of carbonyl (C=O) groups is 2. The third-order valence-electron chi connectivity index (χ3n) is 5.07. The number of unbranched alkanes of at least 4 members (excludes halogenated alkanes) is 1. The maximum absolute atomic E-state index is 13.2. The highest BCUT2D eigenvalue weighted by Crippen LogP contribution is 2.36. The van der Waals surface area contributed by atoms with E-state index in [0.29, 0.717) is 29.1 Å². The molecule has 0 radical (unpaired) electrons. The van der Waals surface area contributed by atoms with Crippen LogP contribution in [0.25, 0.3) is 5.57 Å². The third kappa shape index (κ3) is 3.33. The van der Waals surface area contributed by atoms with Crippen molar-refractivity contribution >= 4 is 17.4 Å². The zero-order valence-corrected chi connectivity index (χ0v) is 15.8. The second kappa shape index (κ2) is 7.91. The molecule has 0 atom stereocenters. The van der Waals surface area contributed by atoms with E-state index in [1.165, 1.54) is 4.90 Å². The van der Waals surface area contributed by atoms with Crippen molar-refractivity contribution in [2.75, 3.05) is 46.9 Å². The van der Waals surface area contributed by atoms with Gasteiger partial charge < -0.3 is 14.5 Å². The summed E-state index contributed by atoms with van der Waals surface area (Å²) >= 11 is 0. The normalized spacial score (nSPS) is 18.9. The lowest BCUT2D eigenvalue weighted by molar-refractivity contribution is -0.137. The van der Waals surface area contributed by atoms with Crippen molar-refractivity contribution in [3.63, 3.8) is 0 Å². The van der Waals surface area contributed by atoms with E-state index in [9.17, 15) is 9.59 Å². The number of methoxy groups -OCH3 is 1. The smallest absolute Gasteiger partial charge is 0.277 e. The summed E-state index contributed by atoms with van der Waals surface area (Å²) in [5, 5.41) is 0. The van der Waals surface area contributed by atoms with Gasteiger partial charge in [-0.25, -0.2) is 0 Å². The largest absolute Gasteiger partial charge is 0.496 e. The predicted octanol–water partition coefficient (Wildman–Crippen LogP) is 1.82. The van der Waals surface area contributed by atoms with Crippen LogP contribution in [0.4, 0.5) is 0 Å². The van der Waals surface area contributed by atoms with Gasteiger partial charge >= 0.3 is 0 Å². The highest BCUT2D eigenvalue weighted by molar-refractivity contribution is 6.36. The van der Waals surface area contributed by atoms with E-state index in [0.717, 1.165) is 39.0 Å². The minimum atomic E-state index is -0.207. The van der Waals surface area contributed by atoms with Crippen LogP contribution in [0.5, 0.6) is 5.75 Å². The molecular formula is C20H27N3O3. The molecule has 0 aliphatic carbocycles. The average Bonchev–Trinajstić information content (AvgIpc) is 2.90. The van der Waals surface area contributed by atoms with Crippen LogP contribution in [-0.2, 0) is 9.59 Å². The predicted molar refractivity (Wildman–Crippen MR) is 101 cm³/mol. The van der Waals surface area contributed by atoms with Crippen molar-refractivity contribution < 1.29 is 14.3 Å². The molecule has 2 amide bonds. The summed E-state index contributed by atoms with van der Waals surface area (Å²) < 4.78 is 5.47. The van der Waals surface area contributed by atoms with Gasteiger partial charge in [0.2, 0.25) is 0 Å². The first-order valence-electron chi connectivity index (χ1n) is 9.25. The first-order valence-corrected chi connectivity index (χ1v) is 9.25. The van der Waals surface area contributed by atoms with E-state index in [1.54, 1.807) is 7.11 Å². The number of benzene rings is 1. The van der Waals surface area contributed by atoms with Crippen LogP contribution in [0.3, 0.4) is 0 Å². The van der Waals surface area contributed by atoms with Crippen molar-refractivity contribution in [2.24, 2.45) is 0 Å². The van der Waals surface area contributed by atoms with Crippen molar-refractivity contribution in [3.05, 3.63) is 35.5 Å². The van der Waals surface area contributed by atoms with Gasteiger partial charge in [-0.05, 0) is 19.5 Å². The highest BCUT2D eigenvalue weighted by atomic mass is 16.5. The summed E-state index contributed by atoms with van der Waals surface area (Å²) in [5.74, 6) is 0.239. The van der Waals surface area contributed by atoms with Crippen LogP contribution < -0.4 is 4.74 Å². The van der Waals surface area contributed by atoms with E-state index in [-0.39, 0.29) is 11.8 Å². The lowest BCUT2D eigenvalue weighted by atomic mass is 10.0. The molecule has 0 spiro atoms. The van der Waals surface area contributed by atoms with Crippen LogP contribution in [0.1, 0.15) is 25.3 Å². The second-order valence-corrected chi connectivity index (χ2v) is 6.83. The Morgan fingerprint density at radius 3 is 2.38 bits per heavy atom. The molecule has 1 aromatic rings. The SMILES string of the molecule is CCCCN1C(=O)C(c2ccccc2OC)=C(N2CCN(C)CC2)C1=O. The zero-order valence-electron chi connectivity index (χ0n) is 15.8. The number of nitrogens with zero attached hydrogens (tertiary/aromatic N) is 3. The molecule has 0 bridgehead atoms. The molecule has 2 aliphatic heterocycles. The van der Waals surface area contributed by atoms with E-state index in [4.69, 9.17) is 4.74 Å². The van der Waals surface area contributed by atoms with Gasteiger partial charge in [0.15, 0.2) is 0 Å². The summed E-state index contributed by atoms with van der Waals surface area (Å²) in [5.41, 5.74) is 1.71. The molecule has 0 saturated carbocycles. The quantitative estimate of drug-likeness (QED) is 0.727. The molecule has 1 saturated heterocycles. The number of para-hydroxylation sites is 1. The Morgan fingerprint density at radius 2 is 1.73 bits per heavy atom. The molecule has 6 heteroatoms. The number of hydrogen-bond donors (Lipinski definition) is 0. The Bertz CT molecular complexity index is 721. The molecule has 1 fully saturated rings. The standard InChI is InChI=1S/C20H27N3O3/c1-4-5-10-23-19(24)17(15-8-6-7-9-16(15)26-3)18(20(23)25)22-13-11-21(2)12-14-22/h6-9H,4-5,10-14H2,1-3H3. The number of ether oxygens (including phenoxy) is 1. The molecule has 2 heterocycles. The van der Waals surface area contributed by atoms with Gasteiger partial charge in [0.05, 0.1) is 12.7 Å². The maximum Gasteiger partial charge on any atom is 0.277 e. The van der Waals surface area contributed by atoms with Gasteiger partial charge in [-0.3, -0.25) is 14.5 Å². The molecule has 0 unspecified atom stereocenters. The number of piperazine rings is 1. The third-order valence-corrected chi connectivity index (χ3v) is 5.07. The minimum Gasteiger partial charge on any atom is -0.496 e. The Kier molecular flexibility index (Phi) is 5.61. The Labute approximate surface area is 155 Å². The summed E-state index contributed by atoms with van der Waals surface area (Å²) in [6.45, 7) is 5.75. The molecule has 6 nitrogen and oxygen atoms in total. The topological polar surface area (TPSA) is 53.1 Å². The molecule has 1 aromatic carbocycles. The number of rotatable bonds is 6. The first-order chi connectivity index (χ1) is 12.6. The summed E-state index contributed by atoms with van der Waals surface area (Å²) in [4.78, 5) is 32.0. The zero-order chi connectivity index (χ0) is 18.7. The summed E-state index contributed by atoms with van der Waals surface area (Å²) in [6.07, 6.45) is 1.75. The maximum atomic E-state index is 13.2. The van der Waals surface area contributed by atoms with Crippen molar-refractivity contribution in [1.29, 1.82) is 0 Å². The molecule has 2 aliphatic rings. The summed E-state index contributed by atoms with van der Waals surface area (Å²) in [7, 11) is 3.66. The molecule has 0 N–H and O–H groups in total. The fourth-order valence-corrected chi connectivity index (χ4v) is 3.50. The molecular weight excluding hydrogens is 330 g/mol. The van der Waals surface area contributed by atoms with Gasteiger partial charge in [0.1, 0.15) is 11.4 Å². The Balaban J connectivity index is 2.06. The number of hydrogen-bond acceptors (Lipinski definition) is 5. The van der Waals surface area contributed by atoms with Gasteiger partial charge in [0, 0.05) is 38.3 Å².